The molecule has 6 nitrogen and oxygen atoms in total. The molecule has 1 fully saturated rings. The van der Waals surface area contributed by atoms with Gasteiger partial charge in [-0.05, 0) is 62.8 Å². The fraction of sp³-hybridized carbons (Fsp3) is 0.591. The fourth-order valence-corrected chi connectivity index (χ4v) is 4.10. The number of carbonyl (C=O) groups is 1. The number of nitrogens with zero attached hydrogens (tertiary/aromatic N) is 5. The Hall–Kier alpha value is -2.28. The molecule has 1 saturated heterocycles. The van der Waals surface area contributed by atoms with Crippen molar-refractivity contribution in [1.29, 1.82) is 0 Å². The molecule has 7 heteroatoms. The van der Waals surface area contributed by atoms with Gasteiger partial charge in [-0.2, -0.15) is 5.10 Å². The van der Waals surface area contributed by atoms with Crippen LogP contribution in [0, 0.1) is 11.7 Å². The van der Waals surface area contributed by atoms with Gasteiger partial charge >= 0.3 is 0 Å². The molecule has 0 unspecified atom stereocenters. The molecule has 2 aromatic rings. The average molecular weight is 402 g/mol. The van der Waals surface area contributed by atoms with Crippen molar-refractivity contribution in [2.24, 2.45) is 5.92 Å². The lowest BCUT2D eigenvalue weighted by Crippen LogP contribution is -2.43. The monoisotopic (exact) mass is 401 g/mol. The summed E-state index contributed by atoms with van der Waals surface area (Å²) < 4.78 is 15.1. The molecule has 0 saturated carbocycles. The molecule has 158 valence electrons. The molecule has 1 aliphatic heterocycles. The third-order valence-corrected chi connectivity index (χ3v) is 5.67. The molecule has 2 heterocycles. The number of piperidine rings is 1. The van der Waals surface area contributed by atoms with Crippen LogP contribution in [-0.4, -0.2) is 63.2 Å². The Morgan fingerprint density at radius 2 is 2.24 bits per heavy atom. The number of aryl methyl sites for hydroxylation is 1. The van der Waals surface area contributed by atoms with E-state index in [2.05, 4.69) is 21.9 Å². The molecule has 3 rings (SSSR count). The first-order valence-electron chi connectivity index (χ1n) is 10.7. The number of halogens is 1. The molecule has 0 N–H and O–H groups in total. The lowest BCUT2D eigenvalue weighted by Gasteiger charge is -2.35. The molecular weight excluding hydrogens is 369 g/mol. The Morgan fingerprint density at radius 3 is 3.00 bits per heavy atom. The minimum Gasteiger partial charge on any atom is -0.343 e. The molecule has 1 aromatic heterocycles. The van der Waals surface area contributed by atoms with E-state index in [-0.39, 0.29) is 11.7 Å². The second kappa shape index (κ2) is 11.0. The minimum atomic E-state index is -0.167. The van der Waals surface area contributed by atoms with Gasteiger partial charge in [-0.1, -0.05) is 12.1 Å². The molecule has 29 heavy (non-hydrogen) atoms. The van der Waals surface area contributed by atoms with Gasteiger partial charge in [0.15, 0.2) is 0 Å². The number of hydrogen-bond acceptors (Lipinski definition) is 4. The lowest BCUT2D eigenvalue weighted by atomic mass is 9.96. The Bertz CT molecular complexity index is 751. The van der Waals surface area contributed by atoms with Crippen LogP contribution >= 0.6 is 0 Å². The molecule has 0 bridgehead atoms. The van der Waals surface area contributed by atoms with Crippen molar-refractivity contribution in [2.45, 2.75) is 45.6 Å². The van der Waals surface area contributed by atoms with E-state index in [1.807, 2.05) is 11.0 Å². The molecule has 0 spiro atoms. The Kier molecular flexibility index (Phi) is 8.16. The standard InChI is InChI=1S/C22H32FN5O/c1-2-27(22(29)9-5-12-28-18-24-17-25-28)16-20-7-4-11-26(15-20)13-10-19-6-3-8-21(23)14-19/h3,6,8,14,17-18,20H,2,4-5,7,9-13,15-16H2,1H3/t20-/m0/s1. The highest BCUT2D eigenvalue weighted by molar-refractivity contribution is 5.76. The van der Waals surface area contributed by atoms with Crippen molar-refractivity contribution < 1.29 is 9.18 Å². The van der Waals surface area contributed by atoms with Crippen molar-refractivity contribution >= 4 is 5.91 Å². The molecule has 0 radical (unpaired) electrons. The Balaban J connectivity index is 1.41. The van der Waals surface area contributed by atoms with Crippen molar-refractivity contribution in [2.75, 3.05) is 32.7 Å². The predicted octanol–water partition coefficient (Wildman–Crippen LogP) is 3.00. The van der Waals surface area contributed by atoms with Crippen molar-refractivity contribution in [3.05, 3.63) is 48.3 Å². The van der Waals surface area contributed by atoms with E-state index in [1.54, 1.807) is 23.1 Å². The van der Waals surface area contributed by atoms with Crippen LogP contribution in [0.15, 0.2) is 36.9 Å². The summed E-state index contributed by atoms with van der Waals surface area (Å²) in [6.07, 6.45) is 7.72. The highest BCUT2D eigenvalue weighted by Gasteiger charge is 2.23. The van der Waals surface area contributed by atoms with Crippen LogP contribution in [-0.2, 0) is 17.8 Å². The van der Waals surface area contributed by atoms with E-state index < -0.39 is 0 Å². The summed E-state index contributed by atoms with van der Waals surface area (Å²) in [4.78, 5) is 21.0. The van der Waals surface area contributed by atoms with Crippen LogP contribution in [0.3, 0.4) is 0 Å². The fourth-order valence-electron chi connectivity index (χ4n) is 4.10. The Labute approximate surface area is 172 Å². The van der Waals surface area contributed by atoms with Gasteiger partial charge in [0, 0.05) is 39.1 Å². The van der Waals surface area contributed by atoms with E-state index in [0.717, 1.165) is 64.1 Å². The third kappa shape index (κ3) is 6.92. The maximum Gasteiger partial charge on any atom is 0.222 e. The van der Waals surface area contributed by atoms with Crippen molar-refractivity contribution in [1.82, 2.24) is 24.6 Å². The number of carbonyl (C=O) groups excluding carboxylic acids is 1. The molecule has 1 aromatic carbocycles. The SMILES string of the molecule is CCN(C[C@H]1CCCN(CCc2cccc(F)c2)C1)C(=O)CCCn1cncn1. The number of aromatic nitrogens is 3. The van der Waals surface area contributed by atoms with E-state index in [0.29, 0.717) is 12.3 Å². The van der Waals surface area contributed by atoms with E-state index in [4.69, 9.17) is 0 Å². The van der Waals surface area contributed by atoms with Crippen LogP contribution in [0.1, 0.15) is 38.2 Å². The van der Waals surface area contributed by atoms with E-state index in [1.165, 1.54) is 18.8 Å². The van der Waals surface area contributed by atoms with Gasteiger partial charge in [0.25, 0.3) is 0 Å². The molecule has 1 amide bonds. The van der Waals surface area contributed by atoms with Crippen LogP contribution in [0.2, 0.25) is 0 Å². The highest BCUT2D eigenvalue weighted by atomic mass is 19.1. The second-order valence-electron chi connectivity index (χ2n) is 7.88. The normalized spacial score (nSPS) is 17.4. The van der Waals surface area contributed by atoms with Gasteiger partial charge in [0.05, 0.1) is 0 Å². The number of rotatable bonds is 10. The van der Waals surface area contributed by atoms with Gasteiger partial charge in [0.2, 0.25) is 5.91 Å². The first kappa shape index (κ1) is 21.4. The van der Waals surface area contributed by atoms with Gasteiger partial charge in [0.1, 0.15) is 18.5 Å². The first-order chi connectivity index (χ1) is 14.1. The molecule has 0 aliphatic carbocycles. The lowest BCUT2D eigenvalue weighted by molar-refractivity contribution is -0.132. The predicted molar refractivity (Wildman–Crippen MR) is 111 cm³/mol. The van der Waals surface area contributed by atoms with Gasteiger partial charge in [-0.3, -0.25) is 9.48 Å². The van der Waals surface area contributed by atoms with Crippen LogP contribution in [0.25, 0.3) is 0 Å². The van der Waals surface area contributed by atoms with Crippen LogP contribution in [0.5, 0.6) is 0 Å². The van der Waals surface area contributed by atoms with Gasteiger partial charge < -0.3 is 9.80 Å². The number of benzene rings is 1. The van der Waals surface area contributed by atoms with Crippen molar-refractivity contribution in [3.8, 4) is 0 Å². The largest absolute Gasteiger partial charge is 0.343 e. The zero-order valence-electron chi connectivity index (χ0n) is 17.3. The number of amides is 1. The van der Waals surface area contributed by atoms with Crippen LogP contribution < -0.4 is 0 Å². The summed E-state index contributed by atoms with van der Waals surface area (Å²) >= 11 is 0. The summed E-state index contributed by atoms with van der Waals surface area (Å²) in [7, 11) is 0. The van der Waals surface area contributed by atoms with Gasteiger partial charge in [-0.25, -0.2) is 9.37 Å². The summed E-state index contributed by atoms with van der Waals surface area (Å²) in [5.74, 6) is 0.569. The van der Waals surface area contributed by atoms with Gasteiger partial charge in [-0.15, -0.1) is 0 Å². The summed E-state index contributed by atoms with van der Waals surface area (Å²) in [6, 6.07) is 6.87. The third-order valence-electron chi connectivity index (χ3n) is 5.67. The summed E-state index contributed by atoms with van der Waals surface area (Å²) in [6.45, 7) is 7.40. The number of likely N-dealkylation sites (tertiary alicyclic amines) is 1. The zero-order chi connectivity index (χ0) is 20.5. The molecule has 1 atom stereocenters. The maximum absolute atomic E-state index is 13.4. The number of hydrogen-bond donors (Lipinski definition) is 0. The summed E-state index contributed by atoms with van der Waals surface area (Å²) in [5, 5.41) is 4.08. The Morgan fingerprint density at radius 1 is 1.34 bits per heavy atom. The van der Waals surface area contributed by atoms with Crippen molar-refractivity contribution in [3.63, 3.8) is 0 Å². The smallest absolute Gasteiger partial charge is 0.222 e. The second-order valence-corrected chi connectivity index (χ2v) is 7.88. The molecule has 1 aliphatic rings. The van der Waals surface area contributed by atoms with E-state index in [9.17, 15) is 9.18 Å². The quantitative estimate of drug-likeness (QED) is 0.614. The van der Waals surface area contributed by atoms with Crippen LogP contribution in [0.4, 0.5) is 4.39 Å². The average Bonchev–Trinajstić information content (AvgIpc) is 3.24. The zero-order valence-corrected chi connectivity index (χ0v) is 17.3. The summed E-state index contributed by atoms with van der Waals surface area (Å²) in [5.41, 5.74) is 1.05. The maximum atomic E-state index is 13.4. The van der Waals surface area contributed by atoms with E-state index >= 15 is 0 Å². The minimum absolute atomic E-state index is 0.167. The highest BCUT2D eigenvalue weighted by Crippen LogP contribution is 2.19. The topological polar surface area (TPSA) is 54.3 Å². The molecular formula is C22H32FN5O. The first-order valence-corrected chi connectivity index (χ1v) is 10.7.